The number of nitrogens with two attached hydrogens (primary N) is 2. The zero-order chi connectivity index (χ0) is 22.6. The summed E-state index contributed by atoms with van der Waals surface area (Å²) < 4.78 is 0. The van der Waals surface area contributed by atoms with Crippen LogP contribution in [0, 0.1) is 10.1 Å². The molecule has 1 saturated carbocycles. The van der Waals surface area contributed by atoms with E-state index < -0.39 is 5.66 Å². The number of non-ortho nitro benzene ring substituents is 1. The normalized spacial score (nSPS) is 17.7. The molecule has 0 saturated heterocycles. The van der Waals surface area contributed by atoms with Crippen molar-refractivity contribution < 1.29 is 4.92 Å². The second-order valence-electron chi connectivity index (χ2n) is 8.20. The molecule has 1 heterocycles. The Labute approximate surface area is 191 Å². The van der Waals surface area contributed by atoms with Crippen LogP contribution in [0.1, 0.15) is 44.1 Å². The monoisotopic (exact) mass is 452 g/mol. The standard InChI is InChI=1S/C23H28N6O2S/c24-21-26-22(25)28(23(27-21)11-5-2-6-12-23)18-14-19(29(30)31)16-20(15-18)32-13-7-10-17-8-3-1-4-9-17/h1,3-4,8-9,14-16H,2,5-7,10-13H2,(H4,24,25,26,27). The zero-order valence-electron chi connectivity index (χ0n) is 17.9. The van der Waals surface area contributed by atoms with Gasteiger partial charge in [0, 0.05) is 17.0 Å². The molecule has 168 valence electrons. The lowest BCUT2D eigenvalue weighted by atomic mass is 9.87. The Kier molecular flexibility index (Phi) is 6.64. The summed E-state index contributed by atoms with van der Waals surface area (Å²) in [6, 6.07) is 15.5. The summed E-state index contributed by atoms with van der Waals surface area (Å²) in [5.41, 5.74) is 13.6. The number of thioether (sulfide) groups is 1. The van der Waals surface area contributed by atoms with Gasteiger partial charge in [-0.2, -0.15) is 4.99 Å². The van der Waals surface area contributed by atoms with E-state index in [9.17, 15) is 10.1 Å². The number of nitro benzene ring substituents is 1. The van der Waals surface area contributed by atoms with Crippen molar-refractivity contribution in [3.05, 3.63) is 64.2 Å². The van der Waals surface area contributed by atoms with Gasteiger partial charge in [-0.1, -0.05) is 36.8 Å². The highest BCUT2D eigenvalue weighted by Gasteiger charge is 2.43. The van der Waals surface area contributed by atoms with Gasteiger partial charge in [-0.3, -0.25) is 15.0 Å². The number of rotatable bonds is 7. The van der Waals surface area contributed by atoms with Gasteiger partial charge in [0.2, 0.25) is 11.9 Å². The van der Waals surface area contributed by atoms with E-state index in [-0.39, 0.29) is 22.5 Å². The molecule has 1 aliphatic heterocycles. The minimum atomic E-state index is -0.626. The third-order valence-electron chi connectivity index (χ3n) is 5.92. The third-order valence-corrected chi connectivity index (χ3v) is 6.98. The molecule has 0 bridgehead atoms. The second kappa shape index (κ2) is 9.60. The number of hydrogen-bond donors (Lipinski definition) is 2. The molecule has 32 heavy (non-hydrogen) atoms. The Morgan fingerprint density at radius 3 is 2.56 bits per heavy atom. The fourth-order valence-electron chi connectivity index (χ4n) is 4.49. The first-order chi connectivity index (χ1) is 15.5. The van der Waals surface area contributed by atoms with E-state index in [1.54, 1.807) is 23.9 Å². The quantitative estimate of drug-likeness (QED) is 0.277. The topological polar surface area (TPSA) is 123 Å². The van der Waals surface area contributed by atoms with Crippen LogP contribution in [0.2, 0.25) is 0 Å². The first-order valence-electron chi connectivity index (χ1n) is 10.9. The van der Waals surface area contributed by atoms with Crippen molar-refractivity contribution in [1.82, 2.24) is 0 Å². The molecule has 1 spiro atoms. The number of hydrogen-bond acceptors (Lipinski definition) is 8. The van der Waals surface area contributed by atoms with E-state index in [1.165, 1.54) is 5.56 Å². The maximum atomic E-state index is 11.7. The van der Waals surface area contributed by atoms with Gasteiger partial charge in [0.1, 0.15) is 5.66 Å². The van der Waals surface area contributed by atoms with Crippen molar-refractivity contribution in [3.8, 4) is 0 Å². The van der Waals surface area contributed by atoms with Crippen molar-refractivity contribution in [2.45, 2.75) is 55.5 Å². The fourth-order valence-corrected chi connectivity index (χ4v) is 5.42. The molecule has 2 aromatic rings. The highest BCUT2D eigenvalue weighted by Crippen LogP contribution is 2.41. The van der Waals surface area contributed by atoms with Gasteiger partial charge in [-0.25, -0.2) is 4.99 Å². The highest BCUT2D eigenvalue weighted by atomic mass is 32.2. The number of aliphatic imine (C=N–C) groups is 2. The van der Waals surface area contributed by atoms with E-state index in [4.69, 9.17) is 11.5 Å². The second-order valence-corrected chi connectivity index (χ2v) is 9.37. The lowest BCUT2D eigenvalue weighted by molar-refractivity contribution is -0.385. The van der Waals surface area contributed by atoms with Crippen LogP contribution in [0.3, 0.4) is 0 Å². The van der Waals surface area contributed by atoms with Crippen LogP contribution in [0.15, 0.2) is 63.4 Å². The first kappa shape index (κ1) is 22.1. The minimum Gasteiger partial charge on any atom is -0.369 e. The first-order valence-corrected chi connectivity index (χ1v) is 11.9. The predicted molar refractivity (Wildman–Crippen MR) is 130 cm³/mol. The number of anilines is 1. The molecular weight excluding hydrogens is 424 g/mol. The summed E-state index contributed by atoms with van der Waals surface area (Å²) in [6.45, 7) is 0. The summed E-state index contributed by atoms with van der Waals surface area (Å²) in [5.74, 6) is 1.26. The number of guanidine groups is 2. The van der Waals surface area contributed by atoms with Crippen molar-refractivity contribution in [3.63, 3.8) is 0 Å². The van der Waals surface area contributed by atoms with Crippen molar-refractivity contribution in [2.75, 3.05) is 10.7 Å². The maximum Gasteiger partial charge on any atom is 0.272 e. The number of nitrogens with zero attached hydrogens (tertiary/aromatic N) is 4. The molecule has 0 atom stereocenters. The molecule has 4 N–H and O–H groups in total. The van der Waals surface area contributed by atoms with Gasteiger partial charge in [0.15, 0.2) is 0 Å². The summed E-state index contributed by atoms with van der Waals surface area (Å²) in [5, 5.41) is 11.7. The number of benzene rings is 2. The van der Waals surface area contributed by atoms with Gasteiger partial charge < -0.3 is 11.5 Å². The van der Waals surface area contributed by atoms with Crippen LogP contribution in [-0.2, 0) is 6.42 Å². The molecule has 1 fully saturated rings. The van der Waals surface area contributed by atoms with Crippen LogP contribution >= 0.6 is 11.8 Å². The van der Waals surface area contributed by atoms with Gasteiger partial charge in [0.25, 0.3) is 5.69 Å². The molecule has 0 unspecified atom stereocenters. The fraction of sp³-hybridized carbons (Fsp3) is 0.391. The molecule has 2 aromatic carbocycles. The predicted octanol–water partition coefficient (Wildman–Crippen LogP) is 4.43. The van der Waals surface area contributed by atoms with Gasteiger partial charge in [-0.15, -0.1) is 11.8 Å². The Morgan fingerprint density at radius 2 is 1.84 bits per heavy atom. The average molecular weight is 453 g/mol. The lowest BCUT2D eigenvalue weighted by Crippen LogP contribution is -2.58. The Bertz CT molecular complexity index is 1030. The van der Waals surface area contributed by atoms with E-state index >= 15 is 0 Å². The molecule has 0 aromatic heterocycles. The SMILES string of the molecule is NC1=NC2(CCCCC2)N(c2cc(SCCCc3ccccc3)cc([N+](=O)[O-])c2)C(N)=N1. The van der Waals surface area contributed by atoms with Crippen LogP contribution in [0.5, 0.6) is 0 Å². The number of nitro groups is 1. The van der Waals surface area contributed by atoms with Gasteiger partial charge in [0.05, 0.1) is 10.6 Å². The Balaban J connectivity index is 1.58. The molecule has 0 radical (unpaired) electrons. The summed E-state index contributed by atoms with van der Waals surface area (Å²) in [7, 11) is 0. The molecule has 4 rings (SSSR count). The largest absolute Gasteiger partial charge is 0.369 e. The van der Waals surface area contributed by atoms with E-state index in [0.29, 0.717) is 5.69 Å². The van der Waals surface area contributed by atoms with Crippen LogP contribution in [0.4, 0.5) is 11.4 Å². The molecule has 8 nitrogen and oxygen atoms in total. The average Bonchev–Trinajstić information content (AvgIpc) is 2.77. The smallest absolute Gasteiger partial charge is 0.272 e. The molecule has 0 amide bonds. The Morgan fingerprint density at radius 1 is 1.09 bits per heavy atom. The molecule has 2 aliphatic rings. The third kappa shape index (κ3) is 4.88. The van der Waals surface area contributed by atoms with Crippen LogP contribution in [-0.4, -0.2) is 28.3 Å². The number of aryl methyl sites for hydroxylation is 1. The van der Waals surface area contributed by atoms with Crippen LogP contribution < -0.4 is 16.4 Å². The van der Waals surface area contributed by atoms with Crippen molar-refractivity contribution in [2.24, 2.45) is 21.5 Å². The van der Waals surface area contributed by atoms with Crippen molar-refractivity contribution in [1.29, 1.82) is 0 Å². The summed E-state index contributed by atoms with van der Waals surface area (Å²) in [4.78, 5) is 22.8. The molecular formula is C23H28N6O2S. The van der Waals surface area contributed by atoms with E-state index in [0.717, 1.165) is 55.6 Å². The minimum absolute atomic E-state index is 0.0364. The molecule has 9 heteroatoms. The summed E-state index contributed by atoms with van der Waals surface area (Å²) >= 11 is 1.61. The molecule has 1 aliphatic carbocycles. The van der Waals surface area contributed by atoms with Gasteiger partial charge in [-0.05, 0) is 55.9 Å². The zero-order valence-corrected chi connectivity index (χ0v) is 18.8. The summed E-state index contributed by atoms with van der Waals surface area (Å²) in [6.07, 6.45) is 6.63. The van der Waals surface area contributed by atoms with Crippen LogP contribution in [0.25, 0.3) is 0 Å². The van der Waals surface area contributed by atoms with Gasteiger partial charge >= 0.3 is 0 Å². The Hall–Kier alpha value is -3.07. The highest BCUT2D eigenvalue weighted by molar-refractivity contribution is 7.99. The van der Waals surface area contributed by atoms with E-state index in [1.807, 2.05) is 29.2 Å². The lowest BCUT2D eigenvalue weighted by Gasteiger charge is -2.45. The van der Waals surface area contributed by atoms with Crippen molar-refractivity contribution >= 4 is 35.1 Å². The maximum absolute atomic E-state index is 11.7. The van der Waals surface area contributed by atoms with E-state index in [2.05, 4.69) is 22.1 Å².